The van der Waals surface area contributed by atoms with E-state index < -0.39 is 5.97 Å². The van der Waals surface area contributed by atoms with Gasteiger partial charge in [-0.25, -0.2) is 4.39 Å². The lowest BCUT2D eigenvalue weighted by atomic mass is 9.85. The van der Waals surface area contributed by atoms with Crippen molar-refractivity contribution in [2.75, 3.05) is 40.0 Å². The maximum atomic E-state index is 13.2. The zero-order valence-electron chi connectivity index (χ0n) is 19.4. The number of benzene rings is 2. The summed E-state index contributed by atoms with van der Waals surface area (Å²) in [6.07, 6.45) is 2.73. The first kappa shape index (κ1) is 23.5. The third-order valence-corrected chi connectivity index (χ3v) is 6.75. The van der Waals surface area contributed by atoms with Gasteiger partial charge in [-0.3, -0.25) is 9.69 Å². The lowest BCUT2D eigenvalue weighted by molar-refractivity contribution is -0.147. The molecule has 2 aromatic carbocycles. The average Bonchev–Trinajstić information content (AvgIpc) is 2.77. The molecule has 1 aliphatic carbocycles. The van der Waals surface area contributed by atoms with Crippen LogP contribution in [0.2, 0.25) is 0 Å². The molecule has 1 N–H and O–H groups in total. The highest BCUT2D eigenvalue weighted by atomic mass is 19.1. The van der Waals surface area contributed by atoms with E-state index in [1.807, 2.05) is 18.2 Å². The van der Waals surface area contributed by atoms with Gasteiger partial charge in [0, 0.05) is 32.7 Å². The number of aryl methyl sites for hydroxylation is 1. The number of carboxylic acids is 1. The van der Waals surface area contributed by atoms with Gasteiger partial charge in [0.25, 0.3) is 0 Å². The Morgan fingerprint density at radius 1 is 1.15 bits per heavy atom. The largest absolute Gasteiger partial charge is 0.493 e. The van der Waals surface area contributed by atoms with Gasteiger partial charge < -0.3 is 14.6 Å². The monoisotopic (exact) mass is 453 g/mol. The molecule has 1 aliphatic heterocycles. The summed E-state index contributed by atoms with van der Waals surface area (Å²) in [7, 11) is 1.69. The molecule has 0 saturated carbocycles. The van der Waals surface area contributed by atoms with Crippen LogP contribution in [0.5, 0.6) is 5.75 Å². The SMILES string of the molecule is COCC(COc1ccc2c(c1)CCC(CN1CC(C(=O)O)C1)=C2C)Cc1ccc(F)cc1. The molecule has 0 radical (unpaired) electrons. The van der Waals surface area contributed by atoms with Crippen molar-refractivity contribution in [1.82, 2.24) is 4.90 Å². The van der Waals surface area contributed by atoms with Crippen molar-refractivity contribution in [3.05, 3.63) is 70.5 Å². The minimum atomic E-state index is -0.691. The van der Waals surface area contributed by atoms with E-state index in [4.69, 9.17) is 14.6 Å². The molecule has 0 amide bonds. The van der Waals surface area contributed by atoms with E-state index in [1.165, 1.54) is 34.4 Å². The fourth-order valence-electron chi connectivity index (χ4n) is 4.79. The first-order valence-electron chi connectivity index (χ1n) is 11.6. The van der Waals surface area contributed by atoms with Crippen LogP contribution in [0.3, 0.4) is 0 Å². The van der Waals surface area contributed by atoms with Crippen LogP contribution < -0.4 is 4.74 Å². The predicted octanol–water partition coefficient (Wildman–Crippen LogP) is 4.45. The normalized spacial score (nSPS) is 17.4. The van der Waals surface area contributed by atoms with E-state index in [2.05, 4.69) is 24.0 Å². The molecule has 4 rings (SSSR count). The molecule has 1 atom stereocenters. The molecule has 1 unspecified atom stereocenters. The summed E-state index contributed by atoms with van der Waals surface area (Å²) < 4.78 is 24.7. The lowest BCUT2D eigenvalue weighted by Crippen LogP contribution is -2.50. The van der Waals surface area contributed by atoms with Crippen LogP contribution in [0.15, 0.2) is 48.0 Å². The second-order valence-corrected chi connectivity index (χ2v) is 9.24. The molecule has 33 heavy (non-hydrogen) atoms. The van der Waals surface area contributed by atoms with Crippen molar-refractivity contribution in [2.45, 2.75) is 26.2 Å². The van der Waals surface area contributed by atoms with Gasteiger partial charge in [-0.05, 0) is 72.7 Å². The number of carboxylic acid groups (broad SMARTS) is 1. The molecule has 5 nitrogen and oxygen atoms in total. The van der Waals surface area contributed by atoms with E-state index in [1.54, 1.807) is 7.11 Å². The summed E-state index contributed by atoms with van der Waals surface area (Å²) >= 11 is 0. The fraction of sp³-hybridized carbons (Fsp3) is 0.444. The average molecular weight is 454 g/mol. The molecule has 0 spiro atoms. The van der Waals surface area contributed by atoms with Crippen molar-refractivity contribution < 1.29 is 23.8 Å². The number of hydrogen-bond donors (Lipinski definition) is 1. The quantitative estimate of drug-likeness (QED) is 0.576. The molecule has 6 heteroatoms. The smallest absolute Gasteiger partial charge is 0.309 e. The maximum absolute atomic E-state index is 13.2. The lowest BCUT2D eigenvalue weighted by Gasteiger charge is -2.38. The van der Waals surface area contributed by atoms with E-state index in [0.29, 0.717) is 26.3 Å². The number of methoxy groups -OCH3 is 1. The van der Waals surface area contributed by atoms with Crippen molar-refractivity contribution >= 4 is 11.5 Å². The Labute approximate surface area is 194 Å². The standard InChI is InChI=1S/C27H32FNO4/c1-18-22(13-29-14-23(15-29)27(30)31)6-5-21-12-25(9-10-26(18)21)33-17-20(16-32-2)11-19-3-7-24(28)8-4-19/h3-4,7-10,12,20,23H,5-6,11,13-17H2,1-2H3,(H,30,31). The Balaban J connectivity index is 1.36. The van der Waals surface area contributed by atoms with E-state index in [0.717, 1.165) is 37.1 Å². The Kier molecular flexibility index (Phi) is 7.46. The molecule has 1 heterocycles. The molecular formula is C27H32FNO4. The van der Waals surface area contributed by atoms with Crippen LogP contribution in [0.25, 0.3) is 5.57 Å². The van der Waals surface area contributed by atoms with Crippen molar-refractivity contribution in [3.63, 3.8) is 0 Å². The van der Waals surface area contributed by atoms with Gasteiger partial charge in [0.05, 0.1) is 19.1 Å². The van der Waals surface area contributed by atoms with Crippen LogP contribution >= 0.6 is 0 Å². The number of carbonyl (C=O) groups is 1. The predicted molar refractivity (Wildman–Crippen MR) is 126 cm³/mol. The molecule has 1 saturated heterocycles. The summed E-state index contributed by atoms with van der Waals surface area (Å²) in [4.78, 5) is 13.3. The Hall–Kier alpha value is -2.70. The Morgan fingerprint density at radius 2 is 1.91 bits per heavy atom. The molecule has 176 valence electrons. The van der Waals surface area contributed by atoms with Crippen LogP contribution in [0.4, 0.5) is 4.39 Å². The highest BCUT2D eigenvalue weighted by molar-refractivity contribution is 5.73. The molecular weight excluding hydrogens is 421 g/mol. The summed E-state index contributed by atoms with van der Waals surface area (Å²) in [6, 6.07) is 12.9. The summed E-state index contributed by atoms with van der Waals surface area (Å²) in [6.45, 7) is 5.42. The zero-order chi connectivity index (χ0) is 23.4. The van der Waals surface area contributed by atoms with Crippen LogP contribution in [-0.2, 0) is 22.4 Å². The Bertz CT molecular complexity index is 1010. The zero-order valence-corrected chi connectivity index (χ0v) is 19.4. The van der Waals surface area contributed by atoms with Gasteiger partial charge in [0.15, 0.2) is 0 Å². The van der Waals surface area contributed by atoms with Crippen molar-refractivity contribution in [2.24, 2.45) is 11.8 Å². The number of fused-ring (bicyclic) bond motifs is 1. The molecule has 2 aromatic rings. The number of likely N-dealkylation sites (tertiary alicyclic amines) is 1. The summed E-state index contributed by atoms with van der Waals surface area (Å²) in [5.74, 6) is -0.0994. The van der Waals surface area contributed by atoms with E-state index in [-0.39, 0.29) is 17.7 Å². The van der Waals surface area contributed by atoms with Gasteiger partial charge in [-0.1, -0.05) is 23.8 Å². The molecule has 2 aliphatic rings. The van der Waals surface area contributed by atoms with Gasteiger partial charge >= 0.3 is 5.97 Å². The second kappa shape index (κ2) is 10.5. The third kappa shape index (κ3) is 5.81. The van der Waals surface area contributed by atoms with E-state index >= 15 is 0 Å². The van der Waals surface area contributed by atoms with Gasteiger partial charge in [-0.2, -0.15) is 0 Å². The topological polar surface area (TPSA) is 59.0 Å². The highest BCUT2D eigenvalue weighted by Crippen LogP contribution is 2.34. The second-order valence-electron chi connectivity index (χ2n) is 9.24. The minimum absolute atomic E-state index is 0.177. The van der Waals surface area contributed by atoms with Crippen molar-refractivity contribution in [1.29, 1.82) is 0 Å². The third-order valence-electron chi connectivity index (χ3n) is 6.75. The number of rotatable bonds is 10. The summed E-state index contributed by atoms with van der Waals surface area (Å²) in [5.41, 5.74) is 6.33. The first-order chi connectivity index (χ1) is 15.9. The molecule has 0 aromatic heterocycles. The van der Waals surface area contributed by atoms with Gasteiger partial charge in [-0.15, -0.1) is 0 Å². The maximum Gasteiger partial charge on any atom is 0.309 e. The number of hydrogen-bond acceptors (Lipinski definition) is 4. The summed E-state index contributed by atoms with van der Waals surface area (Å²) in [5, 5.41) is 9.09. The fourth-order valence-corrected chi connectivity index (χ4v) is 4.79. The van der Waals surface area contributed by atoms with Gasteiger partial charge in [0.1, 0.15) is 11.6 Å². The van der Waals surface area contributed by atoms with Crippen LogP contribution in [-0.4, -0.2) is 55.9 Å². The van der Waals surface area contributed by atoms with Crippen LogP contribution in [0, 0.1) is 17.7 Å². The Morgan fingerprint density at radius 3 is 2.61 bits per heavy atom. The first-order valence-corrected chi connectivity index (χ1v) is 11.6. The molecule has 1 fully saturated rings. The number of ether oxygens (including phenoxy) is 2. The number of allylic oxidation sites excluding steroid dienone is 1. The van der Waals surface area contributed by atoms with Gasteiger partial charge in [0.2, 0.25) is 0 Å². The number of nitrogens with zero attached hydrogens (tertiary/aromatic N) is 1. The number of aliphatic carboxylic acids is 1. The minimum Gasteiger partial charge on any atom is -0.493 e. The van der Waals surface area contributed by atoms with E-state index in [9.17, 15) is 9.18 Å². The van der Waals surface area contributed by atoms with Crippen LogP contribution in [0.1, 0.15) is 30.0 Å². The van der Waals surface area contributed by atoms with Crippen molar-refractivity contribution in [3.8, 4) is 5.75 Å². The molecule has 0 bridgehead atoms. The highest BCUT2D eigenvalue weighted by Gasteiger charge is 2.33. The number of halogens is 1.